The number of ether oxygens (including phenoxy) is 1. The van der Waals surface area contributed by atoms with E-state index in [-0.39, 0.29) is 5.91 Å². The molecule has 6 rings (SSSR count). The van der Waals surface area contributed by atoms with Gasteiger partial charge >= 0.3 is 0 Å². The van der Waals surface area contributed by atoms with E-state index in [1.807, 2.05) is 59.5 Å². The second-order valence-electron chi connectivity index (χ2n) is 11.4. The van der Waals surface area contributed by atoms with Gasteiger partial charge in [-0.1, -0.05) is 90.1 Å². The Balaban J connectivity index is 0.976. The van der Waals surface area contributed by atoms with Gasteiger partial charge in [-0.3, -0.25) is 9.69 Å². The highest BCUT2D eigenvalue weighted by molar-refractivity contribution is 7.98. The third kappa shape index (κ3) is 8.20. The fourth-order valence-electron chi connectivity index (χ4n) is 5.79. The van der Waals surface area contributed by atoms with Crippen LogP contribution in [0.3, 0.4) is 0 Å². The van der Waals surface area contributed by atoms with Crippen molar-refractivity contribution in [3.05, 3.63) is 113 Å². The number of methoxy groups -OCH3 is 1. The van der Waals surface area contributed by atoms with Crippen molar-refractivity contribution in [1.82, 2.24) is 19.8 Å². The molecule has 1 amide bonds. The van der Waals surface area contributed by atoms with Gasteiger partial charge in [0.25, 0.3) is 5.91 Å². The minimum Gasteiger partial charge on any atom is -0.495 e. The maximum Gasteiger partial charge on any atom is 0.253 e. The number of halogens is 1. The van der Waals surface area contributed by atoms with Crippen LogP contribution in [0.5, 0.6) is 5.75 Å². The number of piperazine rings is 2. The van der Waals surface area contributed by atoms with Crippen molar-refractivity contribution in [3.8, 4) is 5.75 Å². The van der Waals surface area contributed by atoms with Gasteiger partial charge in [0.1, 0.15) is 16.7 Å². The summed E-state index contributed by atoms with van der Waals surface area (Å²) >= 11 is 7.99. The number of hydrogen-bond donors (Lipinski definition) is 0. The Kier molecular flexibility index (Phi) is 10.7. The summed E-state index contributed by atoms with van der Waals surface area (Å²) in [6.45, 7) is 7.51. The molecule has 0 radical (unpaired) electrons. The topological polar surface area (TPSA) is 65.0 Å². The molecule has 0 N–H and O–H groups in total. The number of amides is 1. The summed E-state index contributed by atoms with van der Waals surface area (Å²) in [5.74, 6) is 2.48. The Morgan fingerprint density at radius 3 is 2.28 bits per heavy atom. The van der Waals surface area contributed by atoms with Crippen molar-refractivity contribution in [1.29, 1.82) is 0 Å². The molecule has 4 aromatic rings. The van der Waals surface area contributed by atoms with E-state index in [1.54, 1.807) is 18.9 Å². The Morgan fingerprint density at radius 1 is 0.848 bits per heavy atom. The molecule has 2 aliphatic rings. The van der Waals surface area contributed by atoms with E-state index in [0.29, 0.717) is 34.7 Å². The maximum atomic E-state index is 13.2. The first kappa shape index (κ1) is 31.9. The van der Waals surface area contributed by atoms with Gasteiger partial charge in [-0.2, -0.15) is 0 Å². The summed E-state index contributed by atoms with van der Waals surface area (Å²) in [6.07, 6.45) is 4.41. The first-order chi connectivity index (χ1) is 22.6. The van der Waals surface area contributed by atoms with Crippen LogP contribution in [0.1, 0.15) is 21.5 Å². The summed E-state index contributed by atoms with van der Waals surface area (Å²) in [6, 6.07) is 28.1. The van der Waals surface area contributed by atoms with E-state index in [2.05, 4.69) is 62.2 Å². The van der Waals surface area contributed by atoms with Crippen LogP contribution in [0.4, 0.5) is 11.5 Å². The number of hydrogen-bond acceptors (Lipinski definition) is 8. The molecular formula is C36H39ClN6O2S. The fourth-order valence-corrected chi connectivity index (χ4v) is 6.83. The maximum absolute atomic E-state index is 13.2. The normalized spacial score (nSPS) is 15.8. The van der Waals surface area contributed by atoms with Crippen LogP contribution < -0.4 is 14.5 Å². The Morgan fingerprint density at radius 2 is 1.54 bits per heavy atom. The molecule has 0 aliphatic carbocycles. The van der Waals surface area contributed by atoms with Crippen LogP contribution in [0.25, 0.3) is 6.08 Å². The van der Waals surface area contributed by atoms with Gasteiger partial charge in [-0.25, -0.2) is 9.97 Å². The van der Waals surface area contributed by atoms with Crippen LogP contribution in [-0.4, -0.2) is 91.7 Å². The van der Waals surface area contributed by atoms with Gasteiger partial charge in [-0.15, -0.1) is 0 Å². The molecule has 0 bridgehead atoms. The summed E-state index contributed by atoms with van der Waals surface area (Å²) < 4.78 is 5.52. The zero-order valence-electron chi connectivity index (χ0n) is 26.1. The van der Waals surface area contributed by atoms with Crippen molar-refractivity contribution in [2.24, 2.45) is 0 Å². The molecular weight excluding hydrogens is 616 g/mol. The predicted octanol–water partition coefficient (Wildman–Crippen LogP) is 6.23. The van der Waals surface area contributed by atoms with E-state index < -0.39 is 0 Å². The van der Waals surface area contributed by atoms with E-state index >= 15 is 0 Å². The molecule has 8 nitrogen and oxygen atoms in total. The lowest BCUT2D eigenvalue weighted by atomic mass is 10.1. The zero-order valence-corrected chi connectivity index (χ0v) is 27.7. The molecule has 0 atom stereocenters. The number of benzene rings is 3. The quantitative estimate of drug-likeness (QED) is 0.113. The van der Waals surface area contributed by atoms with Crippen LogP contribution in [0, 0.1) is 0 Å². The smallest absolute Gasteiger partial charge is 0.253 e. The van der Waals surface area contributed by atoms with E-state index in [9.17, 15) is 4.79 Å². The lowest BCUT2D eigenvalue weighted by Crippen LogP contribution is -2.48. The molecule has 3 heterocycles. The number of aromatic nitrogens is 2. The first-order valence-corrected chi connectivity index (χ1v) is 17.0. The van der Waals surface area contributed by atoms with Crippen molar-refractivity contribution in [2.75, 3.05) is 75.8 Å². The van der Waals surface area contributed by atoms with Gasteiger partial charge in [0.15, 0.2) is 5.16 Å². The lowest BCUT2D eigenvalue weighted by Gasteiger charge is -2.36. The van der Waals surface area contributed by atoms with Gasteiger partial charge in [0.05, 0.1) is 12.8 Å². The highest BCUT2D eigenvalue weighted by Crippen LogP contribution is 2.29. The largest absolute Gasteiger partial charge is 0.495 e. The second kappa shape index (κ2) is 15.5. The predicted molar refractivity (Wildman–Crippen MR) is 188 cm³/mol. The molecule has 3 aromatic carbocycles. The lowest BCUT2D eigenvalue weighted by molar-refractivity contribution is 0.0746. The Bertz CT molecular complexity index is 1620. The van der Waals surface area contributed by atoms with Crippen LogP contribution in [0.15, 0.2) is 96.2 Å². The summed E-state index contributed by atoms with van der Waals surface area (Å²) in [5, 5.41) is 1.11. The SMILES string of the molecule is COc1ccccc1N1CCN(C(=O)c2ccc(CSc3nc(Cl)cc(N4CCN(C/C=C/c5ccccc5)CC4)n3)cc2)CC1. The minimum atomic E-state index is 0.0639. The highest BCUT2D eigenvalue weighted by Gasteiger charge is 2.24. The highest BCUT2D eigenvalue weighted by atomic mass is 35.5. The third-order valence-corrected chi connectivity index (χ3v) is 9.50. The Hall–Kier alpha value is -4.05. The summed E-state index contributed by atoms with van der Waals surface area (Å²) in [5.41, 5.74) is 4.10. The summed E-state index contributed by atoms with van der Waals surface area (Å²) in [7, 11) is 1.69. The van der Waals surface area contributed by atoms with Crippen LogP contribution >= 0.6 is 23.4 Å². The van der Waals surface area contributed by atoms with Gasteiger partial charge in [0, 0.05) is 76.3 Å². The zero-order chi connectivity index (χ0) is 31.7. The number of carbonyl (C=O) groups is 1. The van der Waals surface area contributed by atoms with Crippen molar-refractivity contribution in [3.63, 3.8) is 0 Å². The van der Waals surface area contributed by atoms with Gasteiger partial charge in [-0.05, 0) is 35.4 Å². The van der Waals surface area contributed by atoms with Crippen molar-refractivity contribution in [2.45, 2.75) is 10.9 Å². The van der Waals surface area contributed by atoms with Gasteiger partial charge in [0.2, 0.25) is 0 Å². The number of para-hydroxylation sites is 2. The molecule has 238 valence electrons. The van der Waals surface area contributed by atoms with Crippen molar-refractivity contribution < 1.29 is 9.53 Å². The average molecular weight is 655 g/mol. The molecule has 0 unspecified atom stereocenters. The Labute approximate surface area is 280 Å². The molecule has 2 aliphatic heterocycles. The van der Waals surface area contributed by atoms with E-state index in [1.165, 1.54) is 5.56 Å². The number of nitrogens with zero attached hydrogens (tertiary/aromatic N) is 6. The van der Waals surface area contributed by atoms with Crippen LogP contribution in [0.2, 0.25) is 5.15 Å². The van der Waals surface area contributed by atoms with Crippen molar-refractivity contribution >= 4 is 46.9 Å². The minimum absolute atomic E-state index is 0.0639. The number of rotatable bonds is 10. The third-order valence-electron chi connectivity index (χ3n) is 8.39. The average Bonchev–Trinajstić information content (AvgIpc) is 3.11. The number of thioether (sulfide) groups is 1. The monoisotopic (exact) mass is 654 g/mol. The summed E-state index contributed by atoms with van der Waals surface area (Å²) in [4.78, 5) is 31.5. The first-order valence-electron chi connectivity index (χ1n) is 15.7. The molecule has 2 saturated heterocycles. The molecule has 1 aromatic heterocycles. The van der Waals surface area contributed by atoms with Crippen LogP contribution in [-0.2, 0) is 5.75 Å². The molecule has 0 spiro atoms. The molecule has 10 heteroatoms. The fraction of sp³-hybridized carbons (Fsp3) is 0.306. The second-order valence-corrected chi connectivity index (χ2v) is 12.7. The molecule has 0 saturated carbocycles. The van der Waals surface area contributed by atoms with E-state index in [0.717, 1.165) is 68.6 Å². The molecule has 2 fully saturated rings. The molecule has 46 heavy (non-hydrogen) atoms. The number of anilines is 2. The van der Waals surface area contributed by atoms with E-state index in [4.69, 9.17) is 21.3 Å². The van der Waals surface area contributed by atoms with Gasteiger partial charge < -0.3 is 19.4 Å². The standard InChI is InChI=1S/C36H39ClN6O2S/c1-45-32-12-6-5-11-31(32)41-22-24-43(25-23-41)35(44)30-15-13-29(14-16-30)27-46-36-38-33(37)26-34(39-36)42-20-18-40(19-21-42)17-7-10-28-8-3-2-4-9-28/h2-16,26H,17-25,27H2,1H3/b10-7+. The number of carbonyl (C=O) groups excluding carboxylic acids is 1.